The number of imidazole rings is 1. The Hall–Kier alpha value is -3.27. The molecular weight excluding hydrogens is 488 g/mol. The lowest BCUT2D eigenvalue weighted by Crippen LogP contribution is -2.41. The second kappa shape index (κ2) is 11.4. The number of methoxy groups -OCH3 is 1. The van der Waals surface area contributed by atoms with Crippen LogP contribution in [0.3, 0.4) is 0 Å². The van der Waals surface area contributed by atoms with E-state index in [-0.39, 0.29) is 6.23 Å². The fourth-order valence-electron chi connectivity index (χ4n) is 4.80. The Bertz CT molecular complexity index is 1330. The molecule has 37 heavy (non-hydrogen) atoms. The summed E-state index contributed by atoms with van der Waals surface area (Å²) in [7, 11) is 1.72. The molecule has 0 bridgehead atoms. The molecule has 1 atom stereocenters. The average molecular weight is 521 g/mol. The largest absolute Gasteiger partial charge is 0.478 e. The van der Waals surface area contributed by atoms with Gasteiger partial charge in [0.25, 0.3) is 0 Å². The van der Waals surface area contributed by atoms with Gasteiger partial charge in [-0.05, 0) is 74.1 Å². The first-order chi connectivity index (χ1) is 18.1. The van der Waals surface area contributed by atoms with Crippen molar-refractivity contribution in [3.63, 3.8) is 0 Å². The smallest absolute Gasteiger partial charge is 0.335 e. The van der Waals surface area contributed by atoms with Crippen molar-refractivity contribution in [2.45, 2.75) is 45.3 Å². The zero-order valence-electron chi connectivity index (χ0n) is 21.2. The molecular formula is C28H32N4O4S. The Kier molecular flexibility index (Phi) is 7.83. The van der Waals surface area contributed by atoms with Crippen LogP contribution >= 0.6 is 11.3 Å². The summed E-state index contributed by atoms with van der Waals surface area (Å²) in [4.78, 5) is 19.4. The van der Waals surface area contributed by atoms with Gasteiger partial charge in [0.15, 0.2) is 0 Å². The lowest BCUT2D eigenvalue weighted by atomic mass is 10.0. The highest BCUT2D eigenvalue weighted by Gasteiger charge is 2.23. The molecule has 9 heteroatoms. The molecule has 1 N–H and O–H groups in total. The quantitative estimate of drug-likeness (QED) is 0.266. The van der Waals surface area contributed by atoms with E-state index >= 15 is 0 Å². The van der Waals surface area contributed by atoms with Crippen LogP contribution in [0.15, 0.2) is 48.7 Å². The predicted molar refractivity (Wildman–Crippen MR) is 146 cm³/mol. The number of aromatic nitrogens is 3. The van der Waals surface area contributed by atoms with Crippen molar-refractivity contribution in [2.24, 2.45) is 0 Å². The number of rotatable bonds is 10. The number of hydrogen-bond acceptors (Lipinski definition) is 7. The van der Waals surface area contributed by atoms with E-state index in [1.807, 2.05) is 25.3 Å². The molecule has 5 rings (SSSR count). The van der Waals surface area contributed by atoms with Gasteiger partial charge in [-0.1, -0.05) is 24.3 Å². The van der Waals surface area contributed by atoms with Gasteiger partial charge in [-0.15, -0.1) is 0 Å². The maximum atomic E-state index is 11.4. The number of carboxylic acids is 1. The van der Waals surface area contributed by atoms with Gasteiger partial charge in [0.1, 0.15) is 11.2 Å². The van der Waals surface area contributed by atoms with E-state index in [0.29, 0.717) is 18.6 Å². The first-order valence-corrected chi connectivity index (χ1v) is 13.6. The zero-order chi connectivity index (χ0) is 25.8. The molecule has 0 spiro atoms. The molecule has 3 heterocycles. The van der Waals surface area contributed by atoms with E-state index in [9.17, 15) is 9.90 Å². The molecule has 4 aromatic rings. The lowest BCUT2D eigenvalue weighted by Gasteiger charge is -2.37. The van der Waals surface area contributed by atoms with Crippen molar-refractivity contribution in [3.05, 3.63) is 59.8 Å². The van der Waals surface area contributed by atoms with Gasteiger partial charge in [-0.25, -0.2) is 14.3 Å². The van der Waals surface area contributed by atoms with E-state index in [4.69, 9.17) is 19.6 Å². The van der Waals surface area contributed by atoms with Crippen LogP contribution in [-0.2, 0) is 15.9 Å². The Balaban J connectivity index is 1.31. The number of ether oxygens (including phenoxy) is 2. The van der Waals surface area contributed by atoms with Crippen molar-refractivity contribution >= 4 is 28.0 Å². The number of hydrogen-bond donors (Lipinski definition) is 1. The number of nitrogens with zero attached hydrogens (tertiary/aromatic N) is 4. The van der Waals surface area contributed by atoms with Crippen molar-refractivity contribution in [3.8, 4) is 21.8 Å². The van der Waals surface area contributed by atoms with Crippen LogP contribution in [0.4, 0.5) is 5.69 Å². The summed E-state index contributed by atoms with van der Waals surface area (Å²) in [5, 5.41) is 15.1. The second-order valence-corrected chi connectivity index (χ2v) is 10.2. The monoisotopic (exact) mass is 520 g/mol. The maximum Gasteiger partial charge on any atom is 0.335 e. The van der Waals surface area contributed by atoms with E-state index in [1.165, 1.54) is 29.9 Å². The normalized spacial score (nSPS) is 15.9. The Labute approximate surface area is 220 Å². The van der Waals surface area contributed by atoms with Crippen LogP contribution < -0.4 is 4.90 Å². The van der Waals surface area contributed by atoms with E-state index < -0.39 is 5.97 Å². The van der Waals surface area contributed by atoms with Crippen LogP contribution in [-0.4, -0.2) is 58.8 Å². The van der Waals surface area contributed by atoms with Gasteiger partial charge in [-0.2, -0.15) is 5.10 Å². The van der Waals surface area contributed by atoms with Crippen molar-refractivity contribution < 1.29 is 19.4 Å². The third-order valence-electron chi connectivity index (χ3n) is 6.75. The summed E-state index contributed by atoms with van der Waals surface area (Å²) in [6.07, 6.45) is 6.96. The predicted octanol–water partition coefficient (Wildman–Crippen LogP) is 5.75. The number of aromatic carboxylic acids is 1. The van der Waals surface area contributed by atoms with Crippen LogP contribution in [0.2, 0.25) is 0 Å². The first-order valence-electron chi connectivity index (χ1n) is 12.8. The van der Waals surface area contributed by atoms with Crippen LogP contribution in [0.25, 0.3) is 26.8 Å². The van der Waals surface area contributed by atoms with Gasteiger partial charge in [0, 0.05) is 37.1 Å². The third kappa shape index (κ3) is 5.53. The van der Waals surface area contributed by atoms with Gasteiger partial charge < -0.3 is 19.5 Å². The molecule has 1 unspecified atom stereocenters. The molecule has 1 saturated heterocycles. The van der Waals surface area contributed by atoms with E-state index in [1.54, 1.807) is 17.7 Å². The minimum absolute atomic E-state index is 0.107. The van der Waals surface area contributed by atoms with Gasteiger partial charge in [0.05, 0.1) is 24.1 Å². The summed E-state index contributed by atoms with van der Waals surface area (Å²) >= 11 is 1.54. The molecule has 194 valence electrons. The van der Waals surface area contributed by atoms with Gasteiger partial charge in [0.2, 0.25) is 4.96 Å². The van der Waals surface area contributed by atoms with Gasteiger partial charge in [-0.3, -0.25) is 0 Å². The number of benzene rings is 2. The molecule has 1 aliphatic heterocycles. The summed E-state index contributed by atoms with van der Waals surface area (Å²) in [6.45, 7) is 4.38. The van der Waals surface area contributed by atoms with Crippen LogP contribution in [0.5, 0.6) is 0 Å². The average Bonchev–Trinajstić information content (AvgIpc) is 3.51. The first kappa shape index (κ1) is 25.4. The van der Waals surface area contributed by atoms with Crippen molar-refractivity contribution in [2.75, 3.05) is 31.8 Å². The summed E-state index contributed by atoms with van der Waals surface area (Å²) in [6, 6.07) is 13.9. The summed E-state index contributed by atoms with van der Waals surface area (Å²) in [5.41, 5.74) is 5.03. The van der Waals surface area contributed by atoms with E-state index in [2.05, 4.69) is 29.2 Å². The van der Waals surface area contributed by atoms with Crippen LogP contribution in [0, 0.1) is 0 Å². The number of fused-ring (bicyclic) bond motifs is 1. The summed E-state index contributed by atoms with van der Waals surface area (Å²) in [5.74, 6) is -0.906. The molecule has 1 aliphatic rings. The standard InChI is InChI=1S/C28H32N4O4S/c1-3-19-17-21(10-13-23(19)27(33)34)24-18-32-28(29-24)37-26(30-32)20-8-11-22(12-9-20)31-14-5-4-7-25(31)36-16-6-15-35-2/h8-13,17-18,25H,3-7,14-16H2,1-2H3,(H,33,34). The SMILES string of the molecule is CCc1cc(-c2cn3nc(-c4ccc(N5CCCCC5OCCCOC)cc4)sc3n2)ccc1C(=O)O. The number of carboxylic acid groups (broad SMARTS) is 1. The number of aryl methyl sites for hydroxylation is 1. The number of carbonyl (C=O) groups is 1. The highest BCUT2D eigenvalue weighted by Crippen LogP contribution is 2.32. The van der Waals surface area contributed by atoms with Crippen molar-refractivity contribution in [1.29, 1.82) is 0 Å². The zero-order valence-corrected chi connectivity index (χ0v) is 22.0. The molecule has 8 nitrogen and oxygen atoms in total. The molecule has 2 aromatic heterocycles. The van der Waals surface area contributed by atoms with Gasteiger partial charge >= 0.3 is 5.97 Å². The number of piperidine rings is 1. The third-order valence-corrected chi connectivity index (χ3v) is 7.72. The Morgan fingerprint density at radius 3 is 2.68 bits per heavy atom. The fourth-order valence-corrected chi connectivity index (χ4v) is 5.68. The molecule has 1 fully saturated rings. The summed E-state index contributed by atoms with van der Waals surface area (Å²) < 4.78 is 13.1. The lowest BCUT2D eigenvalue weighted by molar-refractivity contribution is 0.0237. The van der Waals surface area contributed by atoms with Crippen LogP contribution in [0.1, 0.15) is 48.5 Å². The molecule has 0 radical (unpaired) electrons. The minimum atomic E-state index is -0.906. The topological polar surface area (TPSA) is 89.2 Å². The minimum Gasteiger partial charge on any atom is -0.478 e. The molecule has 0 amide bonds. The van der Waals surface area contributed by atoms with E-state index in [0.717, 1.165) is 58.3 Å². The molecule has 0 saturated carbocycles. The molecule has 0 aliphatic carbocycles. The fraction of sp³-hybridized carbons (Fsp3) is 0.393. The maximum absolute atomic E-state index is 11.4. The highest BCUT2D eigenvalue weighted by molar-refractivity contribution is 7.19. The Morgan fingerprint density at radius 1 is 1.14 bits per heavy atom. The second-order valence-electron chi connectivity index (χ2n) is 9.20. The number of anilines is 1. The molecule has 2 aromatic carbocycles. The highest BCUT2D eigenvalue weighted by atomic mass is 32.1. The Morgan fingerprint density at radius 2 is 1.95 bits per heavy atom. The van der Waals surface area contributed by atoms with Crippen molar-refractivity contribution in [1.82, 2.24) is 14.6 Å².